The van der Waals surface area contributed by atoms with Crippen LogP contribution in [0.25, 0.3) is 0 Å². The molecule has 1 aromatic rings. The van der Waals surface area contributed by atoms with Crippen LogP contribution in [0.4, 0.5) is 5.69 Å². The molecule has 1 heterocycles. The maximum atomic E-state index is 13.0. The van der Waals surface area contributed by atoms with Crippen LogP contribution in [0.2, 0.25) is 0 Å². The number of carbonyl (C=O) groups excluding carboxylic acids is 4. The normalized spacial score (nSPS) is 11.7. The van der Waals surface area contributed by atoms with E-state index in [0.717, 1.165) is 19.3 Å². The van der Waals surface area contributed by atoms with Gasteiger partial charge in [-0.3, -0.25) is 24.0 Å². The van der Waals surface area contributed by atoms with E-state index < -0.39 is 41.8 Å². The lowest BCUT2D eigenvalue weighted by Gasteiger charge is -2.18. The fraction of sp³-hybridized carbons (Fsp3) is 0.556. The lowest BCUT2D eigenvalue weighted by atomic mass is 10.00. The Bertz CT molecular complexity index is 1060. The van der Waals surface area contributed by atoms with Crippen LogP contribution in [0.1, 0.15) is 65.7 Å². The second-order valence-electron chi connectivity index (χ2n) is 8.91. The van der Waals surface area contributed by atoms with E-state index in [9.17, 15) is 28.8 Å². The number of aliphatic carboxylic acids is 1. The van der Waals surface area contributed by atoms with E-state index in [0.29, 0.717) is 12.5 Å². The number of hydrogen-bond donors (Lipinski definition) is 4. The number of nitrogens with zero attached hydrogens (tertiary/aromatic N) is 1. The first kappa shape index (κ1) is 33.1. The number of aromatic nitrogens is 1. The van der Waals surface area contributed by atoms with Gasteiger partial charge in [0.05, 0.1) is 13.0 Å². The zero-order valence-electron chi connectivity index (χ0n) is 22.9. The summed E-state index contributed by atoms with van der Waals surface area (Å²) in [6, 6.07) is 1.78. The van der Waals surface area contributed by atoms with Crippen molar-refractivity contribution in [3.63, 3.8) is 0 Å². The van der Waals surface area contributed by atoms with Gasteiger partial charge >= 0.3 is 11.9 Å². The zero-order valence-corrected chi connectivity index (χ0v) is 22.9. The third kappa shape index (κ3) is 13.4. The summed E-state index contributed by atoms with van der Waals surface area (Å²) in [6.07, 6.45) is 6.56. The Morgan fingerprint density at radius 1 is 1.05 bits per heavy atom. The number of hydrogen-bond acceptors (Lipinski definition) is 7. The van der Waals surface area contributed by atoms with Crippen LogP contribution in [0.3, 0.4) is 0 Å². The number of allylic oxidation sites excluding steroid dienone is 1. The van der Waals surface area contributed by atoms with Crippen LogP contribution < -0.4 is 21.5 Å². The topological polar surface area (TPSA) is 173 Å². The first-order chi connectivity index (χ1) is 18.6. The fourth-order valence-corrected chi connectivity index (χ4v) is 3.69. The maximum absolute atomic E-state index is 13.0. The van der Waals surface area contributed by atoms with E-state index in [2.05, 4.69) is 29.8 Å². The third-order valence-corrected chi connectivity index (χ3v) is 6.00. The monoisotopic (exact) mass is 548 g/mol. The Morgan fingerprint density at radius 2 is 1.77 bits per heavy atom. The molecule has 0 aliphatic rings. The highest BCUT2D eigenvalue weighted by Gasteiger charge is 2.22. The zero-order chi connectivity index (χ0) is 29.2. The molecule has 0 aromatic carbocycles. The van der Waals surface area contributed by atoms with Gasteiger partial charge in [-0.25, -0.2) is 4.79 Å². The lowest BCUT2D eigenvalue weighted by Crippen LogP contribution is -2.44. The summed E-state index contributed by atoms with van der Waals surface area (Å²) in [5.41, 5.74) is -0.682. The summed E-state index contributed by atoms with van der Waals surface area (Å²) >= 11 is 0. The van der Waals surface area contributed by atoms with Crippen LogP contribution in [0.15, 0.2) is 35.3 Å². The molecule has 0 aliphatic heterocycles. The molecule has 39 heavy (non-hydrogen) atoms. The van der Waals surface area contributed by atoms with Crippen molar-refractivity contribution >= 4 is 35.3 Å². The first-order valence-corrected chi connectivity index (χ1v) is 13.2. The van der Waals surface area contributed by atoms with E-state index in [1.165, 1.54) is 35.0 Å². The van der Waals surface area contributed by atoms with Crippen molar-refractivity contribution in [1.82, 2.24) is 15.2 Å². The minimum Gasteiger partial charge on any atom is -0.481 e. The summed E-state index contributed by atoms with van der Waals surface area (Å²) in [6.45, 7) is 6.35. The molecular formula is C27H40N4O8. The van der Waals surface area contributed by atoms with Crippen molar-refractivity contribution in [1.29, 1.82) is 0 Å². The SMILES string of the molecule is CCOC(=O)C=CCCC(NC(=O)CCC(=O)O)C(=O)Nc1cccn(CC(=O)NCCC(CC)CC)c1=O. The number of rotatable bonds is 18. The molecule has 0 fully saturated rings. The van der Waals surface area contributed by atoms with Crippen molar-refractivity contribution in [2.24, 2.45) is 5.92 Å². The van der Waals surface area contributed by atoms with E-state index >= 15 is 0 Å². The van der Waals surface area contributed by atoms with Gasteiger partial charge in [-0.2, -0.15) is 0 Å². The Balaban J connectivity index is 2.88. The largest absolute Gasteiger partial charge is 0.481 e. The van der Waals surface area contributed by atoms with Crippen LogP contribution >= 0.6 is 0 Å². The highest BCUT2D eigenvalue weighted by Crippen LogP contribution is 2.11. The van der Waals surface area contributed by atoms with Crippen LogP contribution in [0.5, 0.6) is 0 Å². The number of carboxylic acid groups (broad SMARTS) is 1. The molecule has 0 aliphatic carbocycles. The van der Waals surface area contributed by atoms with Crippen molar-refractivity contribution in [3.8, 4) is 0 Å². The number of esters is 1. The van der Waals surface area contributed by atoms with Gasteiger partial charge in [0, 0.05) is 25.2 Å². The minimum absolute atomic E-state index is 0.0699. The van der Waals surface area contributed by atoms with Crippen molar-refractivity contribution in [3.05, 3.63) is 40.8 Å². The molecule has 1 atom stereocenters. The van der Waals surface area contributed by atoms with E-state index in [1.807, 2.05) is 0 Å². The first-order valence-electron chi connectivity index (χ1n) is 13.2. The van der Waals surface area contributed by atoms with Gasteiger partial charge in [-0.15, -0.1) is 0 Å². The molecule has 0 bridgehead atoms. The predicted octanol–water partition coefficient (Wildman–Crippen LogP) is 1.98. The number of nitrogens with one attached hydrogen (secondary N) is 3. The summed E-state index contributed by atoms with van der Waals surface area (Å²) < 4.78 is 5.96. The molecule has 1 aromatic heterocycles. The minimum atomic E-state index is -1.16. The number of ether oxygens (including phenoxy) is 1. The molecule has 1 rings (SSSR count). The van der Waals surface area contributed by atoms with Crippen molar-refractivity contribution < 1.29 is 33.8 Å². The molecular weight excluding hydrogens is 508 g/mol. The fourth-order valence-electron chi connectivity index (χ4n) is 3.69. The van der Waals surface area contributed by atoms with Gasteiger partial charge in [-0.1, -0.05) is 32.8 Å². The molecule has 0 radical (unpaired) electrons. The van der Waals surface area contributed by atoms with Gasteiger partial charge in [0.15, 0.2) is 0 Å². The smallest absolute Gasteiger partial charge is 0.330 e. The molecule has 12 nitrogen and oxygen atoms in total. The molecule has 0 saturated carbocycles. The molecule has 12 heteroatoms. The lowest BCUT2D eigenvalue weighted by molar-refractivity contribution is -0.139. The molecule has 4 N–H and O–H groups in total. The average Bonchev–Trinajstić information content (AvgIpc) is 2.89. The highest BCUT2D eigenvalue weighted by atomic mass is 16.5. The second-order valence-corrected chi connectivity index (χ2v) is 8.91. The summed E-state index contributed by atoms with van der Waals surface area (Å²) in [5, 5.41) is 16.6. The Morgan fingerprint density at radius 3 is 2.41 bits per heavy atom. The van der Waals surface area contributed by atoms with Gasteiger partial charge < -0.3 is 30.4 Å². The molecule has 1 unspecified atom stereocenters. The third-order valence-electron chi connectivity index (χ3n) is 6.00. The Kier molecular flexibility index (Phi) is 15.5. The van der Waals surface area contributed by atoms with Gasteiger partial charge in [0.2, 0.25) is 17.7 Å². The molecule has 0 spiro atoms. The number of pyridine rings is 1. The second kappa shape index (κ2) is 18.3. The molecule has 0 saturated heterocycles. The summed E-state index contributed by atoms with van der Waals surface area (Å²) in [5.74, 6) is -2.87. The standard InChI is InChI=1S/C27H40N4O8/c1-4-19(5-2)15-16-28-23(33)18-31-17-9-11-21(27(31)38)30-26(37)20(29-22(32)13-14-24(34)35)10-7-8-12-25(36)39-6-3/h8-9,11-12,17,19-20H,4-7,10,13-16,18H2,1-3H3,(H,28,33)(H,29,32)(H,30,37)(H,34,35). The summed E-state index contributed by atoms with van der Waals surface area (Å²) in [7, 11) is 0. The van der Waals surface area contributed by atoms with Crippen LogP contribution in [-0.4, -0.2) is 58.5 Å². The van der Waals surface area contributed by atoms with Gasteiger partial charge in [-0.05, 0) is 44.2 Å². The Labute approximate surface area is 228 Å². The number of amides is 3. The van der Waals surface area contributed by atoms with E-state index in [1.54, 1.807) is 6.92 Å². The number of anilines is 1. The average molecular weight is 549 g/mol. The Hall–Kier alpha value is -3.96. The van der Waals surface area contributed by atoms with Gasteiger partial charge in [0.25, 0.3) is 5.56 Å². The van der Waals surface area contributed by atoms with Crippen molar-refractivity contribution in [2.75, 3.05) is 18.5 Å². The van der Waals surface area contributed by atoms with E-state index in [-0.39, 0.29) is 44.0 Å². The predicted molar refractivity (Wildman–Crippen MR) is 145 cm³/mol. The highest BCUT2D eigenvalue weighted by molar-refractivity contribution is 5.97. The number of carboxylic acids is 1. The van der Waals surface area contributed by atoms with Crippen LogP contribution in [-0.2, 0) is 35.3 Å². The van der Waals surface area contributed by atoms with Gasteiger partial charge in [0.1, 0.15) is 18.3 Å². The maximum Gasteiger partial charge on any atom is 0.330 e. The molecule has 216 valence electrons. The number of carbonyl (C=O) groups is 5. The summed E-state index contributed by atoms with van der Waals surface area (Å²) in [4.78, 5) is 72.7. The van der Waals surface area contributed by atoms with Crippen LogP contribution in [0, 0.1) is 5.92 Å². The molecule has 3 amide bonds. The van der Waals surface area contributed by atoms with Crippen molar-refractivity contribution in [2.45, 2.75) is 78.3 Å². The quantitative estimate of drug-likeness (QED) is 0.159. The van der Waals surface area contributed by atoms with E-state index in [4.69, 9.17) is 9.84 Å².